The molecule has 1 N–H and O–H groups in total. The molecule has 1 aliphatic rings. The van der Waals surface area contributed by atoms with Gasteiger partial charge in [-0.1, -0.05) is 38.5 Å². The minimum atomic E-state index is -0.261. The van der Waals surface area contributed by atoms with Crippen molar-refractivity contribution in [2.24, 2.45) is 5.41 Å². The third kappa shape index (κ3) is 3.16. The maximum atomic E-state index is 11.7. The molecule has 2 rings (SSSR count). The molecule has 1 aromatic rings. The van der Waals surface area contributed by atoms with E-state index in [2.05, 4.69) is 19.2 Å². The van der Waals surface area contributed by atoms with Crippen LogP contribution in [0.3, 0.4) is 0 Å². The van der Waals surface area contributed by atoms with Gasteiger partial charge < -0.3 is 10.1 Å². The van der Waals surface area contributed by atoms with E-state index in [0.717, 1.165) is 12.1 Å². The quantitative estimate of drug-likeness (QED) is 0.846. The Kier molecular flexibility index (Phi) is 4.25. The molecular weight excluding hydrogens is 238 g/mol. The average Bonchev–Trinajstić information content (AvgIpc) is 2.75. The first kappa shape index (κ1) is 14.1. The summed E-state index contributed by atoms with van der Waals surface area (Å²) in [7, 11) is 1.42. The Morgan fingerprint density at radius 2 is 2.16 bits per heavy atom. The van der Waals surface area contributed by atoms with Crippen molar-refractivity contribution in [3.8, 4) is 0 Å². The van der Waals surface area contributed by atoms with Crippen LogP contribution in [-0.4, -0.2) is 19.1 Å². The van der Waals surface area contributed by atoms with Gasteiger partial charge in [0.15, 0.2) is 0 Å². The SMILES string of the molecule is COC(=O)c1ccccc1CNC1CCCC1(C)C. The molecule has 1 aromatic carbocycles. The van der Waals surface area contributed by atoms with Crippen molar-refractivity contribution < 1.29 is 9.53 Å². The smallest absolute Gasteiger partial charge is 0.338 e. The number of hydrogen-bond donors (Lipinski definition) is 1. The second-order valence-electron chi connectivity index (χ2n) is 5.96. The van der Waals surface area contributed by atoms with Gasteiger partial charge in [0.1, 0.15) is 0 Å². The fourth-order valence-electron chi connectivity index (χ4n) is 2.92. The highest BCUT2D eigenvalue weighted by Crippen LogP contribution is 2.37. The number of rotatable bonds is 4. The van der Waals surface area contributed by atoms with Gasteiger partial charge in [0.25, 0.3) is 0 Å². The standard InChI is InChI=1S/C16H23NO2/c1-16(2)10-6-9-14(16)17-11-12-7-4-5-8-13(12)15(18)19-3/h4-5,7-8,14,17H,6,9-11H2,1-3H3. The molecule has 1 unspecified atom stereocenters. The number of benzene rings is 1. The number of methoxy groups -OCH3 is 1. The summed E-state index contributed by atoms with van der Waals surface area (Å²) in [6.45, 7) is 5.34. The van der Waals surface area contributed by atoms with E-state index in [1.54, 1.807) is 0 Å². The van der Waals surface area contributed by atoms with Crippen LogP contribution in [0.25, 0.3) is 0 Å². The van der Waals surface area contributed by atoms with Crippen LogP contribution in [0.5, 0.6) is 0 Å². The van der Waals surface area contributed by atoms with Gasteiger partial charge in [0, 0.05) is 12.6 Å². The summed E-state index contributed by atoms with van der Waals surface area (Å²) in [6, 6.07) is 8.17. The van der Waals surface area contributed by atoms with Crippen molar-refractivity contribution in [2.45, 2.75) is 45.7 Å². The van der Waals surface area contributed by atoms with Crippen LogP contribution in [0.2, 0.25) is 0 Å². The number of ether oxygens (including phenoxy) is 1. The number of carbonyl (C=O) groups excluding carboxylic acids is 1. The average molecular weight is 261 g/mol. The van der Waals surface area contributed by atoms with E-state index in [4.69, 9.17) is 4.74 Å². The molecule has 0 spiro atoms. The number of carbonyl (C=O) groups is 1. The van der Waals surface area contributed by atoms with E-state index in [-0.39, 0.29) is 5.97 Å². The van der Waals surface area contributed by atoms with Gasteiger partial charge in [-0.05, 0) is 29.9 Å². The first-order chi connectivity index (χ1) is 9.04. The Morgan fingerprint density at radius 1 is 1.42 bits per heavy atom. The summed E-state index contributed by atoms with van der Waals surface area (Å²) in [4.78, 5) is 11.7. The van der Waals surface area contributed by atoms with Crippen molar-refractivity contribution in [2.75, 3.05) is 7.11 Å². The van der Waals surface area contributed by atoms with Gasteiger partial charge in [-0.25, -0.2) is 4.79 Å². The third-order valence-electron chi connectivity index (χ3n) is 4.22. The first-order valence-corrected chi connectivity index (χ1v) is 6.94. The van der Waals surface area contributed by atoms with Crippen molar-refractivity contribution in [1.82, 2.24) is 5.32 Å². The summed E-state index contributed by atoms with van der Waals surface area (Å²) in [6.07, 6.45) is 3.76. The molecule has 0 aromatic heterocycles. The van der Waals surface area contributed by atoms with E-state index >= 15 is 0 Å². The van der Waals surface area contributed by atoms with Gasteiger partial charge in [0.05, 0.1) is 12.7 Å². The van der Waals surface area contributed by atoms with Crippen LogP contribution in [0.4, 0.5) is 0 Å². The Bertz CT molecular complexity index is 454. The van der Waals surface area contributed by atoms with Crippen molar-refractivity contribution in [3.63, 3.8) is 0 Å². The predicted molar refractivity (Wildman–Crippen MR) is 76.0 cm³/mol. The van der Waals surface area contributed by atoms with Gasteiger partial charge in [0.2, 0.25) is 0 Å². The molecule has 0 bridgehead atoms. The lowest BCUT2D eigenvalue weighted by Crippen LogP contribution is -2.37. The topological polar surface area (TPSA) is 38.3 Å². The lowest BCUT2D eigenvalue weighted by atomic mass is 9.87. The van der Waals surface area contributed by atoms with Crippen molar-refractivity contribution >= 4 is 5.97 Å². The first-order valence-electron chi connectivity index (χ1n) is 6.94. The van der Waals surface area contributed by atoms with Crippen molar-refractivity contribution in [3.05, 3.63) is 35.4 Å². The molecule has 0 heterocycles. The second kappa shape index (κ2) is 5.74. The molecule has 3 nitrogen and oxygen atoms in total. The Morgan fingerprint density at radius 3 is 2.79 bits per heavy atom. The number of nitrogens with one attached hydrogen (secondary N) is 1. The molecule has 3 heteroatoms. The minimum Gasteiger partial charge on any atom is -0.465 e. The monoisotopic (exact) mass is 261 g/mol. The zero-order valence-electron chi connectivity index (χ0n) is 12.0. The van der Waals surface area contributed by atoms with Gasteiger partial charge in [-0.3, -0.25) is 0 Å². The Hall–Kier alpha value is -1.35. The maximum Gasteiger partial charge on any atom is 0.338 e. The normalized spacial score (nSPS) is 21.3. The van der Waals surface area contributed by atoms with Gasteiger partial charge in [-0.2, -0.15) is 0 Å². The van der Waals surface area contributed by atoms with Gasteiger partial charge in [-0.15, -0.1) is 0 Å². The fraction of sp³-hybridized carbons (Fsp3) is 0.562. The molecular formula is C16H23NO2. The minimum absolute atomic E-state index is 0.261. The number of hydrogen-bond acceptors (Lipinski definition) is 3. The molecule has 0 radical (unpaired) electrons. The summed E-state index contributed by atoms with van der Waals surface area (Å²) in [5.41, 5.74) is 2.02. The number of esters is 1. The zero-order chi connectivity index (χ0) is 13.9. The second-order valence-corrected chi connectivity index (χ2v) is 5.96. The third-order valence-corrected chi connectivity index (χ3v) is 4.22. The molecule has 0 amide bonds. The van der Waals surface area contributed by atoms with Gasteiger partial charge >= 0.3 is 5.97 Å². The summed E-state index contributed by atoms with van der Waals surface area (Å²) in [5.74, 6) is -0.261. The van der Waals surface area contributed by atoms with E-state index in [9.17, 15) is 4.79 Å². The lowest BCUT2D eigenvalue weighted by Gasteiger charge is -2.28. The highest BCUT2D eigenvalue weighted by Gasteiger charge is 2.33. The van der Waals surface area contributed by atoms with Crippen molar-refractivity contribution in [1.29, 1.82) is 0 Å². The van der Waals surface area contributed by atoms with E-state index in [0.29, 0.717) is 17.0 Å². The van der Waals surface area contributed by atoms with Crippen LogP contribution in [0.15, 0.2) is 24.3 Å². The van der Waals surface area contributed by atoms with Crippen LogP contribution in [0.1, 0.15) is 49.0 Å². The van der Waals surface area contributed by atoms with Crippen LogP contribution >= 0.6 is 0 Å². The molecule has 0 saturated heterocycles. The molecule has 1 fully saturated rings. The Balaban J connectivity index is 2.06. The molecule has 1 saturated carbocycles. The van der Waals surface area contributed by atoms with E-state index in [1.165, 1.54) is 26.4 Å². The lowest BCUT2D eigenvalue weighted by molar-refractivity contribution is 0.0599. The molecule has 0 aliphatic heterocycles. The predicted octanol–water partition coefficient (Wildman–Crippen LogP) is 3.14. The molecule has 1 atom stereocenters. The van der Waals surface area contributed by atoms with Crippen LogP contribution in [-0.2, 0) is 11.3 Å². The largest absolute Gasteiger partial charge is 0.465 e. The fourth-order valence-corrected chi connectivity index (χ4v) is 2.92. The zero-order valence-corrected chi connectivity index (χ0v) is 12.0. The van der Waals surface area contributed by atoms with Crippen LogP contribution in [0, 0.1) is 5.41 Å². The Labute approximate surface area is 115 Å². The molecule has 1 aliphatic carbocycles. The molecule has 19 heavy (non-hydrogen) atoms. The van der Waals surface area contributed by atoms with E-state index < -0.39 is 0 Å². The summed E-state index contributed by atoms with van der Waals surface area (Å²) in [5, 5.41) is 3.60. The summed E-state index contributed by atoms with van der Waals surface area (Å²) >= 11 is 0. The highest BCUT2D eigenvalue weighted by atomic mass is 16.5. The summed E-state index contributed by atoms with van der Waals surface area (Å²) < 4.78 is 4.82. The van der Waals surface area contributed by atoms with Crippen LogP contribution < -0.4 is 5.32 Å². The maximum absolute atomic E-state index is 11.7. The van der Waals surface area contributed by atoms with E-state index in [1.807, 2.05) is 24.3 Å². The molecule has 104 valence electrons. The highest BCUT2D eigenvalue weighted by molar-refractivity contribution is 5.90.